The lowest BCUT2D eigenvalue weighted by molar-refractivity contribution is -0.140. The fourth-order valence-corrected chi connectivity index (χ4v) is 1.42. The predicted molar refractivity (Wildman–Crippen MR) is 48.4 cm³/mol. The van der Waals surface area contributed by atoms with E-state index in [0.29, 0.717) is 0 Å². The van der Waals surface area contributed by atoms with Crippen LogP contribution in [0, 0.1) is 0 Å². The Morgan fingerprint density at radius 2 is 1.93 bits per heavy atom. The number of nitrogens with one attached hydrogen (secondary N) is 1. The van der Waals surface area contributed by atoms with E-state index in [1.165, 1.54) is 0 Å². The topological polar surface area (TPSA) is 55.4 Å². The molecule has 1 aromatic carbocycles. The van der Waals surface area contributed by atoms with Gasteiger partial charge in [0.25, 0.3) is 0 Å². The van der Waals surface area contributed by atoms with E-state index in [1.807, 2.05) is 30.3 Å². The summed E-state index contributed by atoms with van der Waals surface area (Å²) in [5, 5.41) is 2.58. The summed E-state index contributed by atoms with van der Waals surface area (Å²) < 4.78 is 4.35. The third-order valence-corrected chi connectivity index (χ3v) is 2.07. The molecule has 1 saturated heterocycles. The largest absolute Gasteiger partial charge is 0.415 e. The Bertz CT molecular complexity index is 345. The fourth-order valence-electron chi connectivity index (χ4n) is 1.42. The molecule has 2 rings (SSSR count). The SMILES string of the molecule is O=C1C[C@H](c2ccccc2)NC(=O)O1. The van der Waals surface area contributed by atoms with Crippen molar-refractivity contribution in [3.05, 3.63) is 35.9 Å². The molecule has 0 unspecified atom stereocenters. The smallest absolute Gasteiger partial charge is 0.376 e. The Labute approximate surface area is 80.9 Å². The van der Waals surface area contributed by atoms with Gasteiger partial charge in [-0.2, -0.15) is 0 Å². The molecule has 1 aliphatic rings. The van der Waals surface area contributed by atoms with E-state index in [-0.39, 0.29) is 12.5 Å². The van der Waals surface area contributed by atoms with Crippen LogP contribution in [0.25, 0.3) is 0 Å². The van der Waals surface area contributed by atoms with Gasteiger partial charge in [-0.3, -0.25) is 4.79 Å². The van der Waals surface area contributed by atoms with Gasteiger partial charge < -0.3 is 10.1 Å². The molecule has 4 nitrogen and oxygen atoms in total. The maximum Gasteiger partial charge on any atom is 0.415 e. The number of carbonyl (C=O) groups is 2. The molecule has 14 heavy (non-hydrogen) atoms. The van der Waals surface area contributed by atoms with Gasteiger partial charge in [-0.05, 0) is 5.56 Å². The number of esters is 1. The lowest BCUT2D eigenvalue weighted by Gasteiger charge is -2.21. The zero-order chi connectivity index (χ0) is 9.97. The molecular weight excluding hydrogens is 182 g/mol. The summed E-state index contributed by atoms with van der Waals surface area (Å²) in [4.78, 5) is 21.9. The molecule has 72 valence electrons. The minimum absolute atomic E-state index is 0.190. The van der Waals surface area contributed by atoms with Gasteiger partial charge in [-0.1, -0.05) is 30.3 Å². The van der Waals surface area contributed by atoms with Crippen LogP contribution < -0.4 is 5.32 Å². The highest BCUT2D eigenvalue weighted by Gasteiger charge is 2.26. The van der Waals surface area contributed by atoms with Crippen molar-refractivity contribution in [3.63, 3.8) is 0 Å². The molecule has 0 spiro atoms. The first-order chi connectivity index (χ1) is 6.75. The van der Waals surface area contributed by atoms with Crippen molar-refractivity contribution in [1.29, 1.82) is 0 Å². The summed E-state index contributed by atoms with van der Waals surface area (Å²) in [6.07, 6.45) is -0.481. The molecule has 0 aliphatic carbocycles. The van der Waals surface area contributed by atoms with Crippen LogP contribution in [0.1, 0.15) is 18.0 Å². The normalized spacial score (nSPS) is 21.3. The van der Waals surface area contributed by atoms with Gasteiger partial charge in [-0.15, -0.1) is 0 Å². The number of hydrogen-bond donors (Lipinski definition) is 1. The van der Waals surface area contributed by atoms with Crippen molar-refractivity contribution < 1.29 is 14.3 Å². The third kappa shape index (κ3) is 1.74. The molecule has 0 saturated carbocycles. The summed E-state index contributed by atoms with van der Waals surface area (Å²) in [7, 11) is 0. The quantitative estimate of drug-likeness (QED) is 0.539. The molecule has 1 amide bonds. The van der Waals surface area contributed by atoms with Gasteiger partial charge >= 0.3 is 12.1 Å². The molecule has 4 heteroatoms. The Hall–Kier alpha value is -1.84. The maximum absolute atomic E-state index is 11.0. The Kier molecular flexibility index (Phi) is 2.18. The van der Waals surface area contributed by atoms with E-state index in [9.17, 15) is 9.59 Å². The van der Waals surface area contributed by atoms with Crippen LogP contribution in [-0.4, -0.2) is 12.1 Å². The molecular formula is C10H9NO3. The third-order valence-electron chi connectivity index (χ3n) is 2.07. The van der Waals surface area contributed by atoms with Crippen LogP contribution in [0.4, 0.5) is 4.79 Å². The van der Waals surface area contributed by atoms with Crippen LogP contribution in [-0.2, 0) is 9.53 Å². The molecule has 1 heterocycles. The molecule has 0 bridgehead atoms. The van der Waals surface area contributed by atoms with E-state index < -0.39 is 12.1 Å². The van der Waals surface area contributed by atoms with Crippen molar-refractivity contribution in [3.8, 4) is 0 Å². The van der Waals surface area contributed by atoms with Gasteiger partial charge in [0.05, 0.1) is 12.5 Å². The maximum atomic E-state index is 11.0. The predicted octanol–water partition coefficient (Wildman–Crippen LogP) is 1.38. The van der Waals surface area contributed by atoms with Gasteiger partial charge in [0.1, 0.15) is 0 Å². The second kappa shape index (κ2) is 3.49. The number of cyclic esters (lactones) is 2. The Morgan fingerprint density at radius 1 is 1.21 bits per heavy atom. The minimum atomic E-state index is -0.671. The molecule has 1 aromatic rings. The average molecular weight is 191 g/mol. The summed E-state index contributed by atoms with van der Waals surface area (Å²) in [5.74, 6) is -0.484. The molecule has 0 aromatic heterocycles. The number of carbonyl (C=O) groups excluding carboxylic acids is 2. The van der Waals surface area contributed by atoms with Crippen molar-refractivity contribution in [2.75, 3.05) is 0 Å². The first-order valence-electron chi connectivity index (χ1n) is 4.32. The summed E-state index contributed by atoms with van der Waals surface area (Å²) in [5.41, 5.74) is 0.914. The van der Waals surface area contributed by atoms with Crippen LogP contribution in [0.5, 0.6) is 0 Å². The molecule has 1 atom stereocenters. The summed E-state index contributed by atoms with van der Waals surface area (Å²) >= 11 is 0. The van der Waals surface area contributed by atoms with Gasteiger partial charge in [0, 0.05) is 0 Å². The van der Waals surface area contributed by atoms with Gasteiger partial charge in [-0.25, -0.2) is 4.79 Å². The van der Waals surface area contributed by atoms with Crippen LogP contribution >= 0.6 is 0 Å². The van der Waals surface area contributed by atoms with Gasteiger partial charge in [0.15, 0.2) is 0 Å². The van der Waals surface area contributed by atoms with Crippen molar-refractivity contribution >= 4 is 12.1 Å². The second-order valence-corrected chi connectivity index (χ2v) is 3.07. The zero-order valence-electron chi connectivity index (χ0n) is 7.40. The highest BCUT2D eigenvalue weighted by molar-refractivity contribution is 5.88. The van der Waals surface area contributed by atoms with Crippen molar-refractivity contribution in [2.24, 2.45) is 0 Å². The number of rotatable bonds is 1. The summed E-state index contributed by atoms with van der Waals surface area (Å²) in [6.45, 7) is 0. The first kappa shape index (κ1) is 8.74. The highest BCUT2D eigenvalue weighted by atomic mass is 16.6. The average Bonchev–Trinajstić information content (AvgIpc) is 2.18. The molecule has 1 N–H and O–H groups in total. The standard InChI is InChI=1S/C10H9NO3/c12-9-6-8(11-10(13)14-9)7-4-2-1-3-5-7/h1-5,8H,6H2,(H,11,13)/t8-/m1/s1. The van der Waals surface area contributed by atoms with E-state index in [1.54, 1.807) is 0 Å². The number of alkyl carbamates (subject to hydrolysis) is 1. The van der Waals surface area contributed by atoms with Crippen LogP contribution in [0.15, 0.2) is 30.3 Å². The number of benzene rings is 1. The number of hydrogen-bond acceptors (Lipinski definition) is 3. The van der Waals surface area contributed by atoms with Crippen LogP contribution in [0.2, 0.25) is 0 Å². The van der Waals surface area contributed by atoms with Crippen molar-refractivity contribution in [2.45, 2.75) is 12.5 Å². The highest BCUT2D eigenvalue weighted by Crippen LogP contribution is 2.20. The summed E-state index contributed by atoms with van der Waals surface area (Å²) in [6, 6.07) is 9.08. The van der Waals surface area contributed by atoms with Crippen LogP contribution in [0.3, 0.4) is 0 Å². The Morgan fingerprint density at radius 3 is 2.57 bits per heavy atom. The van der Waals surface area contributed by atoms with E-state index >= 15 is 0 Å². The fraction of sp³-hybridized carbons (Fsp3) is 0.200. The first-order valence-corrected chi connectivity index (χ1v) is 4.32. The lowest BCUT2D eigenvalue weighted by atomic mass is 10.0. The zero-order valence-corrected chi connectivity index (χ0v) is 7.40. The molecule has 0 radical (unpaired) electrons. The Balaban J connectivity index is 2.19. The van der Waals surface area contributed by atoms with E-state index in [4.69, 9.17) is 0 Å². The number of ether oxygens (including phenoxy) is 1. The van der Waals surface area contributed by atoms with Gasteiger partial charge in [0.2, 0.25) is 0 Å². The monoisotopic (exact) mass is 191 g/mol. The second-order valence-electron chi connectivity index (χ2n) is 3.07. The van der Waals surface area contributed by atoms with E-state index in [0.717, 1.165) is 5.56 Å². The van der Waals surface area contributed by atoms with Crippen molar-refractivity contribution in [1.82, 2.24) is 5.32 Å². The lowest BCUT2D eigenvalue weighted by Crippen LogP contribution is -2.38. The molecule has 1 fully saturated rings. The minimum Gasteiger partial charge on any atom is -0.376 e. The molecule has 1 aliphatic heterocycles. The number of amides is 1. The van der Waals surface area contributed by atoms with E-state index in [2.05, 4.69) is 10.1 Å².